The third kappa shape index (κ3) is 5.70. The van der Waals surface area contributed by atoms with Gasteiger partial charge in [-0.15, -0.1) is 0 Å². The van der Waals surface area contributed by atoms with E-state index < -0.39 is 0 Å². The molecule has 2 heteroatoms. The molecular formula is C59H42N2. The number of nitrogens with zero attached hydrogens (tertiary/aromatic N) is 2. The van der Waals surface area contributed by atoms with Gasteiger partial charge in [0.2, 0.25) is 0 Å². The molecule has 288 valence electrons. The van der Waals surface area contributed by atoms with E-state index in [1.165, 1.54) is 76.8 Å². The van der Waals surface area contributed by atoms with Crippen molar-refractivity contribution in [3.8, 4) is 45.0 Å². The van der Waals surface area contributed by atoms with E-state index in [0.29, 0.717) is 0 Å². The monoisotopic (exact) mass is 778 g/mol. The number of rotatable bonds is 5. The van der Waals surface area contributed by atoms with Crippen LogP contribution >= 0.6 is 0 Å². The quantitative estimate of drug-likeness (QED) is 0.174. The summed E-state index contributed by atoms with van der Waals surface area (Å²) in [6.45, 7) is 4.80. The summed E-state index contributed by atoms with van der Waals surface area (Å²) >= 11 is 0. The molecule has 9 aromatic rings. The Morgan fingerprint density at radius 3 is 1.82 bits per heavy atom. The van der Waals surface area contributed by atoms with E-state index in [9.17, 15) is 0 Å². The Labute approximate surface area is 356 Å². The lowest BCUT2D eigenvalue weighted by atomic mass is 9.70. The predicted octanol–water partition coefficient (Wildman–Crippen LogP) is 15.1. The second kappa shape index (κ2) is 13.8. The number of hydrogen-bond acceptors (Lipinski definition) is 2. The van der Waals surface area contributed by atoms with Gasteiger partial charge >= 0.3 is 0 Å². The molecule has 1 heterocycles. The summed E-state index contributed by atoms with van der Waals surface area (Å²) in [6, 6.07) is 61.7. The maximum absolute atomic E-state index is 5.27. The number of hydrogen-bond donors (Lipinski definition) is 0. The maximum Gasteiger partial charge on any atom is 0.160 e. The van der Waals surface area contributed by atoms with Gasteiger partial charge in [0.25, 0.3) is 0 Å². The molecule has 0 saturated heterocycles. The highest BCUT2D eigenvalue weighted by molar-refractivity contribution is 6.04. The summed E-state index contributed by atoms with van der Waals surface area (Å²) in [5.41, 5.74) is 15.7. The van der Waals surface area contributed by atoms with Gasteiger partial charge < -0.3 is 0 Å². The fraction of sp³-hybridized carbons (Fsp3) is 0.0847. The molecule has 0 amide bonds. The average molecular weight is 779 g/mol. The van der Waals surface area contributed by atoms with Crippen LogP contribution in [0.15, 0.2) is 206 Å². The Morgan fingerprint density at radius 1 is 0.410 bits per heavy atom. The number of fused-ring (bicyclic) bond motifs is 8. The fourth-order valence-electron chi connectivity index (χ4n) is 10.5. The molecule has 1 aromatic heterocycles. The molecule has 0 aliphatic heterocycles. The highest BCUT2D eigenvalue weighted by atomic mass is 14.9. The third-order valence-corrected chi connectivity index (χ3v) is 13.5. The lowest BCUT2D eigenvalue weighted by Gasteiger charge is -2.33. The second-order valence-corrected chi connectivity index (χ2v) is 17.3. The molecule has 0 radical (unpaired) electrons. The Balaban J connectivity index is 0.971. The summed E-state index contributed by atoms with van der Waals surface area (Å²) < 4.78 is 0. The van der Waals surface area contributed by atoms with Crippen molar-refractivity contribution in [1.29, 1.82) is 0 Å². The van der Waals surface area contributed by atoms with Crippen molar-refractivity contribution in [1.82, 2.24) is 9.97 Å². The fourth-order valence-corrected chi connectivity index (χ4v) is 10.5. The molecule has 3 aliphatic carbocycles. The van der Waals surface area contributed by atoms with Crippen molar-refractivity contribution in [2.45, 2.75) is 19.3 Å². The van der Waals surface area contributed by atoms with Gasteiger partial charge in [-0.1, -0.05) is 202 Å². The zero-order valence-corrected chi connectivity index (χ0v) is 34.2. The predicted molar refractivity (Wildman–Crippen MR) is 256 cm³/mol. The molecule has 0 fully saturated rings. The SMILES string of the molecule is CC1(C)c2cc(C3=CC=C(c4ccc(-c5cc(-c6ccc7ccccc7c6)nc(-c6ccccc6)n5)c5ccccc45)C4C=CC=CC34)ccc2-c2ccc3ccccc3c21. The van der Waals surface area contributed by atoms with Gasteiger partial charge in [-0.05, 0) is 95.0 Å². The Bertz CT molecular complexity index is 3400. The minimum Gasteiger partial charge on any atom is -0.228 e. The molecule has 2 unspecified atom stereocenters. The highest BCUT2D eigenvalue weighted by Crippen LogP contribution is 2.53. The van der Waals surface area contributed by atoms with Crippen LogP contribution in [-0.4, -0.2) is 9.97 Å². The lowest BCUT2D eigenvalue weighted by molar-refractivity contribution is 0.664. The van der Waals surface area contributed by atoms with Crippen LogP contribution in [0.2, 0.25) is 0 Å². The smallest absolute Gasteiger partial charge is 0.160 e. The number of aromatic nitrogens is 2. The van der Waals surface area contributed by atoms with Gasteiger partial charge in [-0.2, -0.15) is 0 Å². The van der Waals surface area contributed by atoms with Crippen LogP contribution < -0.4 is 0 Å². The number of allylic oxidation sites excluding steroid dienone is 8. The zero-order valence-electron chi connectivity index (χ0n) is 34.2. The minimum absolute atomic E-state index is 0.109. The third-order valence-electron chi connectivity index (χ3n) is 13.5. The summed E-state index contributed by atoms with van der Waals surface area (Å²) in [5, 5.41) is 7.47. The molecule has 0 saturated carbocycles. The average Bonchev–Trinajstić information content (AvgIpc) is 3.56. The number of benzene rings is 8. The topological polar surface area (TPSA) is 25.8 Å². The van der Waals surface area contributed by atoms with E-state index in [2.05, 4.69) is 214 Å². The molecule has 8 aromatic carbocycles. The summed E-state index contributed by atoms with van der Waals surface area (Å²) in [5.74, 6) is 1.13. The molecule has 3 aliphatic rings. The van der Waals surface area contributed by atoms with Crippen LogP contribution in [0.4, 0.5) is 0 Å². The van der Waals surface area contributed by atoms with E-state index >= 15 is 0 Å². The van der Waals surface area contributed by atoms with Crippen LogP contribution in [0.1, 0.15) is 36.1 Å². The molecule has 0 spiro atoms. The largest absolute Gasteiger partial charge is 0.228 e. The van der Waals surface area contributed by atoms with Crippen molar-refractivity contribution in [3.63, 3.8) is 0 Å². The Morgan fingerprint density at radius 2 is 1.00 bits per heavy atom. The van der Waals surface area contributed by atoms with E-state index in [4.69, 9.17) is 9.97 Å². The van der Waals surface area contributed by atoms with Crippen LogP contribution in [0.25, 0.3) is 88.5 Å². The Kier molecular flexibility index (Phi) is 8.05. The molecule has 2 atom stereocenters. The summed E-state index contributed by atoms with van der Waals surface area (Å²) in [6.07, 6.45) is 14.0. The lowest BCUT2D eigenvalue weighted by Crippen LogP contribution is -2.20. The van der Waals surface area contributed by atoms with Crippen molar-refractivity contribution in [3.05, 3.63) is 229 Å². The van der Waals surface area contributed by atoms with Crippen molar-refractivity contribution in [2.24, 2.45) is 11.8 Å². The molecular weight excluding hydrogens is 737 g/mol. The summed E-state index contributed by atoms with van der Waals surface area (Å²) in [4.78, 5) is 10.4. The first kappa shape index (κ1) is 35.5. The molecule has 2 nitrogen and oxygen atoms in total. The standard InChI is InChI=1S/C59H42N2/c1-59(2)54-35-41(27-28-51(54)53-29-26-38-15-8-9-19-44(38)57(53)59)43-30-31-49(46-21-11-10-20-45(43)46)50-32-33-52(48-23-13-12-22-47(48)50)56-36-55(60-58(61-56)39-16-4-3-5-17-39)42-25-24-37-14-6-7-18-40(37)34-42/h3-36,45-46H,1-2H3. The van der Waals surface area contributed by atoms with Gasteiger partial charge in [-0.3, -0.25) is 0 Å². The molecule has 61 heavy (non-hydrogen) atoms. The molecule has 0 N–H and O–H groups in total. The van der Waals surface area contributed by atoms with E-state index in [0.717, 1.165) is 33.9 Å². The zero-order chi connectivity index (χ0) is 40.7. The van der Waals surface area contributed by atoms with Crippen LogP contribution in [-0.2, 0) is 5.41 Å². The van der Waals surface area contributed by atoms with Crippen molar-refractivity contribution < 1.29 is 0 Å². The van der Waals surface area contributed by atoms with Crippen molar-refractivity contribution in [2.75, 3.05) is 0 Å². The van der Waals surface area contributed by atoms with Crippen molar-refractivity contribution >= 4 is 43.5 Å². The molecule has 12 rings (SSSR count). The normalized spacial score (nSPS) is 17.2. The van der Waals surface area contributed by atoms with Gasteiger partial charge in [0.05, 0.1) is 11.4 Å². The van der Waals surface area contributed by atoms with Crippen LogP contribution in [0.3, 0.4) is 0 Å². The highest BCUT2D eigenvalue weighted by Gasteiger charge is 2.38. The second-order valence-electron chi connectivity index (χ2n) is 17.3. The molecule has 0 bridgehead atoms. The maximum atomic E-state index is 5.27. The van der Waals surface area contributed by atoms with E-state index in [1.807, 2.05) is 6.07 Å². The van der Waals surface area contributed by atoms with Crippen LogP contribution in [0.5, 0.6) is 0 Å². The van der Waals surface area contributed by atoms with Gasteiger partial charge in [0, 0.05) is 33.9 Å². The van der Waals surface area contributed by atoms with E-state index in [1.54, 1.807) is 0 Å². The summed E-state index contributed by atoms with van der Waals surface area (Å²) in [7, 11) is 0. The Hall–Kier alpha value is -7.42. The van der Waals surface area contributed by atoms with Gasteiger partial charge in [-0.25, -0.2) is 9.97 Å². The van der Waals surface area contributed by atoms with E-state index in [-0.39, 0.29) is 17.3 Å². The minimum atomic E-state index is -0.109. The van der Waals surface area contributed by atoms with Gasteiger partial charge in [0.15, 0.2) is 5.82 Å². The first-order valence-corrected chi connectivity index (χ1v) is 21.4. The first-order valence-electron chi connectivity index (χ1n) is 21.4. The first-order chi connectivity index (χ1) is 30.0. The van der Waals surface area contributed by atoms with Crippen LogP contribution in [0, 0.1) is 11.8 Å². The van der Waals surface area contributed by atoms with Gasteiger partial charge in [0.1, 0.15) is 0 Å².